The number of nitrogens with one attached hydrogen (secondary N) is 1. The Morgan fingerprint density at radius 1 is 1.32 bits per heavy atom. The third kappa shape index (κ3) is 4.67. The highest BCUT2D eigenvalue weighted by Crippen LogP contribution is 2.21. The van der Waals surface area contributed by atoms with Gasteiger partial charge in [-0.1, -0.05) is 19.3 Å². The summed E-state index contributed by atoms with van der Waals surface area (Å²) in [7, 11) is 2.25. The van der Waals surface area contributed by atoms with Crippen molar-refractivity contribution < 1.29 is 0 Å². The number of hydrogen-bond donors (Lipinski definition) is 2. The predicted molar refractivity (Wildman–Crippen MR) is 79.1 cm³/mol. The third-order valence-corrected chi connectivity index (χ3v) is 3.88. The van der Waals surface area contributed by atoms with Crippen LogP contribution in [0.2, 0.25) is 0 Å². The lowest BCUT2D eigenvalue weighted by Gasteiger charge is -2.31. The van der Waals surface area contributed by atoms with E-state index < -0.39 is 0 Å². The lowest BCUT2D eigenvalue weighted by Crippen LogP contribution is -2.34. The third-order valence-electron chi connectivity index (χ3n) is 3.88. The maximum Gasteiger partial charge on any atom is 0.131 e. The monoisotopic (exact) mass is 263 g/mol. The van der Waals surface area contributed by atoms with Crippen LogP contribution in [-0.2, 0) is 0 Å². The minimum Gasteiger partial charge on any atom is -0.384 e. The minimum absolute atomic E-state index is 0.511. The van der Waals surface area contributed by atoms with Crippen LogP contribution >= 0.6 is 0 Å². The van der Waals surface area contributed by atoms with Crippen LogP contribution in [0.5, 0.6) is 0 Å². The number of anilines is 2. The predicted octanol–water partition coefficient (Wildman–Crippen LogP) is 2.13. The Morgan fingerprint density at radius 3 is 2.84 bits per heavy atom. The summed E-state index contributed by atoms with van der Waals surface area (Å²) in [4.78, 5) is 10.5. The molecule has 1 saturated carbocycles. The smallest absolute Gasteiger partial charge is 0.131 e. The zero-order chi connectivity index (χ0) is 13.5. The fourth-order valence-electron chi connectivity index (χ4n) is 2.72. The van der Waals surface area contributed by atoms with Gasteiger partial charge < -0.3 is 16.0 Å². The molecule has 19 heavy (non-hydrogen) atoms. The van der Waals surface area contributed by atoms with Crippen molar-refractivity contribution in [3.8, 4) is 0 Å². The van der Waals surface area contributed by atoms with E-state index in [-0.39, 0.29) is 0 Å². The van der Waals surface area contributed by atoms with E-state index >= 15 is 0 Å². The van der Waals surface area contributed by atoms with Crippen LogP contribution in [0.3, 0.4) is 0 Å². The van der Waals surface area contributed by atoms with Gasteiger partial charge in [0.25, 0.3) is 0 Å². The lowest BCUT2D eigenvalue weighted by atomic mass is 9.94. The number of hydrogen-bond acceptors (Lipinski definition) is 5. The van der Waals surface area contributed by atoms with Crippen LogP contribution in [0, 0.1) is 0 Å². The van der Waals surface area contributed by atoms with E-state index in [0.29, 0.717) is 5.82 Å². The van der Waals surface area contributed by atoms with E-state index in [1.807, 2.05) is 0 Å². The Kier molecular flexibility index (Phi) is 5.39. The highest BCUT2D eigenvalue weighted by Gasteiger charge is 2.17. The second-order valence-electron chi connectivity index (χ2n) is 5.38. The normalized spacial score (nSPS) is 16.7. The van der Waals surface area contributed by atoms with Gasteiger partial charge in [0.05, 0.1) is 0 Å². The summed E-state index contributed by atoms with van der Waals surface area (Å²) in [6, 6.07) is 2.56. The molecule has 1 aromatic rings. The highest BCUT2D eigenvalue weighted by molar-refractivity contribution is 5.42. The molecule has 106 valence electrons. The van der Waals surface area contributed by atoms with Gasteiger partial charge in [-0.15, -0.1) is 0 Å². The van der Waals surface area contributed by atoms with Gasteiger partial charge in [-0.2, -0.15) is 0 Å². The molecule has 1 aliphatic rings. The maximum atomic E-state index is 5.61. The summed E-state index contributed by atoms with van der Waals surface area (Å²) in [6.07, 6.45) is 9.56. The van der Waals surface area contributed by atoms with E-state index in [1.54, 1.807) is 6.07 Å². The Bertz CT molecular complexity index is 376. The standard InChI is InChI=1S/C14H25N5/c1-19(12-6-3-2-4-7-12)9-5-8-16-14-10-13(15)17-11-18-14/h10-12H,2-9H2,1H3,(H3,15,16,17,18). The molecule has 0 atom stereocenters. The van der Waals surface area contributed by atoms with Gasteiger partial charge in [0.15, 0.2) is 0 Å². The molecule has 0 spiro atoms. The summed E-state index contributed by atoms with van der Waals surface area (Å²) < 4.78 is 0. The summed E-state index contributed by atoms with van der Waals surface area (Å²) in [5.74, 6) is 1.32. The SMILES string of the molecule is CN(CCCNc1cc(N)ncn1)C1CCCCC1. The second kappa shape index (κ2) is 7.28. The highest BCUT2D eigenvalue weighted by atomic mass is 15.1. The quantitative estimate of drug-likeness (QED) is 0.770. The molecule has 0 radical (unpaired) electrons. The van der Waals surface area contributed by atoms with E-state index in [1.165, 1.54) is 38.4 Å². The second-order valence-corrected chi connectivity index (χ2v) is 5.38. The van der Waals surface area contributed by atoms with Crippen LogP contribution in [0.25, 0.3) is 0 Å². The first-order valence-corrected chi connectivity index (χ1v) is 7.27. The largest absolute Gasteiger partial charge is 0.384 e. The van der Waals surface area contributed by atoms with E-state index in [0.717, 1.165) is 31.4 Å². The van der Waals surface area contributed by atoms with Crippen molar-refractivity contribution in [2.45, 2.75) is 44.6 Å². The molecule has 1 heterocycles. The Labute approximate surface area is 115 Å². The van der Waals surface area contributed by atoms with Gasteiger partial charge in [0.1, 0.15) is 18.0 Å². The first-order valence-electron chi connectivity index (χ1n) is 7.27. The molecule has 5 nitrogen and oxygen atoms in total. The Balaban J connectivity index is 1.63. The molecule has 0 bridgehead atoms. The van der Waals surface area contributed by atoms with Crippen LogP contribution in [-0.4, -0.2) is 41.0 Å². The number of nitrogens with zero attached hydrogens (tertiary/aromatic N) is 3. The van der Waals surface area contributed by atoms with Crippen LogP contribution in [0.1, 0.15) is 38.5 Å². The summed E-state index contributed by atoms with van der Waals surface area (Å²) in [6.45, 7) is 2.06. The van der Waals surface area contributed by atoms with Gasteiger partial charge in [0.2, 0.25) is 0 Å². The lowest BCUT2D eigenvalue weighted by molar-refractivity contribution is 0.191. The molecule has 0 saturated heterocycles. The Hall–Kier alpha value is -1.36. The molecule has 0 amide bonds. The fourth-order valence-corrected chi connectivity index (χ4v) is 2.72. The summed E-state index contributed by atoms with van der Waals surface area (Å²) in [5.41, 5.74) is 5.61. The van der Waals surface area contributed by atoms with Crippen molar-refractivity contribution in [2.24, 2.45) is 0 Å². The van der Waals surface area contributed by atoms with Crippen molar-refractivity contribution in [1.82, 2.24) is 14.9 Å². The topological polar surface area (TPSA) is 67.1 Å². The zero-order valence-electron chi connectivity index (χ0n) is 11.8. The molecule has 3 N–H and O–H groups in total. The zero-order valence-corrected chi connectivity index (χ0v) is 11.8. The first-order chi connectivity index (χ1) is 9.25. The number of nitrogen functional groups attached to an aromatic ring is 1. The van der Waals surface area contributed by atoms with Crippen molar-refractivity contribution in [1.29, 1.82) is 0 Å². The first kappa shape index (κ1) is 14.1. The van der Waals surface area contributed by atoms with Gasteiger partial charge in [0, 0.05) is 18.7 Å². The molecule has 0 aliphatic heterocycles. The maximum absolute atomic E-state index is 5.61. The summed E-state index contributed by atoms with van der Waals surface area (Å²) >= 11 is 0. The van der Waals surface area contributed by atoms with E-state index in [9.17, 15) is 0 Å². The van der Waals surface area contributed by atoms with E-state index in [2.05, 4.69) is 27.2 Å². The average Bonchev–Trinajstić information content (AvgIpc) is 2.44. The Morgan fingerprint density at radius 2 is 2.11 bits per heavy atom. The minimum atomic E-state index is 0.511. The van der Waals surface area contributed by atoms with Crippen LogP contribution in [0.15, 0.2) is 12.4 Å². The molecule has 0 unspecified atom stereocenters. The van der Waals surface area contributed by atoms with Gasteiger partial charge in [-0.25, -0.2) is 9.97 Å². The molecule has 1 aromatic heterocycles. The number of nitrogens with two attached hydrogens (primary N) is 1. The fraction of sp³-hybridized carbons (Fsp3) is 0.714. The van der Waals surface area contributed by atoms with E-state index in [4.69, 9.17) is 5.73 Å². The van der Waals surface area contributed by atoms with Crippen LogP contribution < -0.4 is 11.1 Å². The summed E-state index contributed by atoms with van der Waals surface area (Å²) in [5, 5.41) is 3.29. The molecular weight excluding hydrogens is 238 g/mol. The van der Waals surface area contributed by atoms with Crippen molar-refractivity contribution in [3.63, 3.8) is 0 Å². The van der Waals surface area contributed by atoms with Crippen molar-refractivity contribution >= 4 is 11.6 Å². The number of rotatable bonds is 6. The molecule has 2 rings (SSSR count). The number of aromatic nitrogens is 2. The van der Waals surface area contributed by atoms with Gasteiger partial charge >= 0.3 is 0 Å². The molecule has 1 fully saturated rings. The van der Waals surface area contributed by atoms with Crippen molar-refractivity contribution in [3.05, 3.63) is 12.4 Å². The molecule has 1 aliphatic carbocycles. The molecule has 5 heteroatoms. The van der Waals surface area contributed by atoms with Crippen LogP contribution in [0.4, 0.5) is 11.6 Å². The van der Waals surface area contributed by atoms with Gasteiger partial charge in [-0.3, -0.25) is 0 Å². The molecular formula is C14H25N5. The van der Waals surface area contributed by atoms with Crippen molar-refractivity contribution in [2.75, 3.05) is 31.2 Å². The molecule has 0 aromatic carbocycles. The average molecular weight is 263 g/mol. The van der Waals surface area contributed by atoms with Gasteiger partial charge in [-0.05, 0) is 32.9 Å².